The second kappa shape index (κ2) is 6.38. The van der Waals surface area contributed by atoms with Crippen LogP contribution in [0.1, 0.15) is 25.3 Å². The molecule has 8 heteroatoms. The summed E-state index contributed by atoms with van der Waals surface area (Å²) in [6, 6.07) is 1.08. The lowest BCUT2D eigenvalue weighted by molar-refractivity contribution is -0.146. The van der Waals surface area contributed by atoms with Crippen molar-refractivity contribution >= 4 is 16.2 Å². The third-order valence-corrected chi connectivity index (χ3v) is 4.76. The predicted molar refractivity (Wildman–Crippen MR) is 72.9 cm³/mol. The monoisotopic (exact) mass is 301 g/mol. The molecule has 1 atom stereocenters. The van der Waals surface area contributed by atoms with Crippen molar-refractivity contribution in [2.45, 2.75) is 32.4 Å². The first-order valence-corrected chi connectivity index (χ1v) is 8.03. The molecule has 0 bridgehead atoms. The Morgan fingerprint density at radius 2 is 2.40 bits per heavy atom. The van der Waals surface area contributed by atoms with Crippen molar-refractivity contribution in [2.24, 2.45) is 0 Å². The number of hydrogen-bond donors (Lipinski definition) is 2. The van der Waals surface area contributed by atoms with E-state index in [1.54, 1.807) is 25.4 Å². The van der Waals surface area contributed by atoms with Crippen LogP contribution in [-0.2, 0) is 26.3 Å². The van der Waals surface area contributed by atoms with Crippen molar-refractivity contribution in [1.82, 2.24) is 14.0 Å². The Balaban J connectivity index is 2.02. The van der Waals surface area contributed by atoms with Gasteiger partial charge in [-0.25, -0.2) is 0 Å². The first-order chi connectivity index (χ1) is 9.54. The average Bonchev–Trinajstić information content (AvgIpc) is 3.08. The fourth-order valence-electron chi connectivity index (χ4n) is 2.23. The van der Waals surface area contributed by atoms with Crippen LogP contribution in [0.15, 0.2) is 18.5 Å². The molecule has 0 spiro atoms. The summed E-state index contributed by atoms with van der Waals surface area (Å²) in [5.41, 5.74) is 0.834. The molecule has 0 amide bonds. The van der Waals surface area contributed by atoms with Crippen LogP contribution in [0.5, 0.6) is 0 Å². The Kier molecular flexibility index (Phi) is 4.79. The van der Waals surface area contributed by atoms with Gasteiger partial charge in [-0.2, -0.15) is 17.4 Å². The Labute approximate surface area is 118 Å². The molecule has 1 aromatic heterocycles. The molecule has 1 aliphatic heterocycles. The maximum atomic E-state index is 12.2. The smallest absolute Gasteiger partial charge is 0.324 e. The van der Waals surface area contributed by atoms with E-state index in [4.69, 9.17) is 4.74 Å². The maximum absolute atomic E-state index is 12.2. The lowest BCUT2D eigenvalue weighted by Crippen LogP contribution is -2.46. The molecule has 0 aliphatic carbocycles. The van der Waals surface area contributed by atoms with Gasteiger partial charge in [-0.05, 0) is 31.4 Å². The van der Waals surface area contributed by atoms with Crippen molar-refractivity contribution in [3.63, 3.8) is 0 Å². The Bertz CT molecular complexity index is 541. The topological polar surface area (TPSA) is 91.5 Å². The van der Waals surface area contributed by atoms with Gasteiger partial charge in [-0.15, -0.1) is 0 Å². The normalized spacial score (nSPS) is 20.1. The number of hydrogen-bond acceptors (Lipinski definition) is 4. The molecule has 1 aliphatic rings. The number of rotatable bonds is 6. The Morgan fingerprint density at radius 3 is 3.05 bits per heavy atom. The van der Waals surface area contributed by atoms with Gasteiger partial charge in [-0.3, -0.25) is 4.79 Å². The fraction of sp³-hybridized carbons (Fsp3) is 0.583. The van der Waals surface area contributed by atoms with Crippen LogP contribution < -0.4 is 4.72 Å². The lowest BCUT2D eigenvalue weighted by atomic mass is 10.2. The van der Waals surface area contributed by atoms with Gasteiger partial charge in [0.05, 0.1) is 6.61 Å². The van der Waals surface area contributed by atoms with Crippen LogP contribution in [0, 0.1) is 0 Å². The molecule has 1 unspecified atom stereocenters. The number of nitrogens with zero attached hydrogens (tertiary/aromatic N) is 1. The average molecular weight is 301 g/mol. The summed E-state index contributed by atoms with van der Waals surface area (Å²) >= 11 is 0. The molecule has 0 radical (unpaired) electrons. The highest BCUT2D eigenvalue weighted by molar-refractivity contribution is 7.87. The van der Waals surface area contributed by atoms with Crippen LogP contribution in [0.4, 0.5) is 0 Å². The molecule has 20 heavy (non-hydrogen) atoms. The van der Waals surface area contributed by atoms with Crippen LogP contribution in [0.3, 0.4) is 0 Å². The van der Waals surface area contributed by atoms with E-state index in [1.165, 1.54) is 4.31 Å². The van der Waals surface area contributed by atoms with Gasteiger partial charge in [0.25, 0.3) is 10.2 Å². The first-order valence-electron chi connectivity index (χ1n) is 6.59. The minimum absolute atomic E-state index is 0.192. The molecule has 1 fully saturated rings. The standard InChI is InChI=1S/C12H19N3O4S/c1-2-19-12(16)11-4-3-7-15(11)20(17,18)14-9-10-5-6-13-8-10/h5-6,8,11,13-14H,2-4,7,9H2,1H3. The van der Waals surface area contributed by atoms with Crippen LogP contribution in [0.25, 0.3) is 0 Å². The summed E-state index contributed by atoms with van der Waals surface area (Å²) in [4.78, 5) is 14.6. The molecular formula is C12H19N3O4S. The van der Waals surface area contributed by atoms with E-state index in [-0.39, 0.29) is 13.2 Å². The molecule has 0 saturated carbocycles. The van der Waals surface area contributed by atoms with Crippen molar-refractivity contribution < 1.29 is 17.9 Å². The number of aromatic nitrogens is 1. The summed E-state index contributed by atoms with van der Waals surface area (Å²) in [6.45, 7) is 2.49. The molecule has 7 nitrogen and oxygen atoms in total. The molecule has 2 N–H and O–H groups in total. The number of nitrogens with one attached hydrogen (secondary N) is 2. The molecular weight excluding hydrogens is 282 g/mol. The highest BCUT2D eigenvalue weighted by atomic mass is 32.2. The van der Waals surface area contributed by atoms with Gasteiger partial charge in [0.2, 0.25) is 0 Å². The summed E-state index contributed by atoms with van der Waals surface area (Å²) in [7, 11) is -3.68. The van der Waals surface area contributed by atoms with Crippen molar-refractivity contribution in [1.29, 1.82) is 0 Å². The van der Waals surface area contributed by atoms with E-state index in [0.717, 1.165) is 5.56 Å². The zero-order valence-corrected chi connectivity index (χ0v) is 12.1. The van der Waals surface area contributed by atoms with Crippen molar-refractivity contribution in [3.8, 4) is 0 Å². The minimum atomic E-state index is -3.68. The number of aromatic amines is 1. The molecule has 2 rings (SSSR count). The Hall–Kier alpha value is -1.38. The number of carbonyl (C=O) groups is 1. The quantitative estimate of drug-likeness (QED) is 0.743. The fourth-order valence-corrected chi connectivity index (χ4v) is 3.64. The highest BCUT2D eigenvalue weighted by Crippen LogP contribution is 2.21. The SMILES string of the molecule is CCOC(=O)C1CCCN1S(=O)(=O)NCc1cc[nH]c1. The van der Waals surface area contributed by atoms with Gasteiger partial charge >= 0.3 is 5.97 Å². The van der Waals surface area contributed by atoms with E-state index >= 15 is 0 Å². The summed E-state index contributed by atoms with van der Waals surface area (Å²) in [5.74, 6) is -0.475. The van der Waals surface area contributed by atoms with Crippen LogP contribution in [0.2, 0.25) is 0 Å². The molecule has 1 aromatic rings. The van der Waals surface area contributed by atoms with E-state index in [0.29, 0.717) is 19.4 Å². The van der Waals surface area contributed by atoms with E-state index in [9.17, 15) is 13.2 Å². The Morgan fingerprint density at radius 1 is 1.60 bits per heavy atom. The molecule has 2 heterocycles. The third kappa shape index (κ3) is 3.38. The van der Waals surface area contributed by atoms with Crippen molar-refractivity contribution in [3.05, 3.63) is 24.0 Å². The maximum Gasteiger partial charge on any atom is 0.324 e. The number of H-pyrrole nitrogens is 1. The summed E-state index contributed by atoms with van der Waals surface area (Å²) in [5, 5.41) is 0. The zero-order valence-electron chi connectivity index (χ0n) is 11.3. The second-order valence-electron chi connectivity index (χ2n) is 4.57. The predicted octanol–water partition coefficient (Wildman–Crippen LogP) is 0.377. The molecule has 1 saturated heterocycles. The number of ether oxygens (including phenoxy) is 1. The van der Waals surface area contributed by atoms with E-state index < -0.39 is 22.2 Å². The highest BCUT2D eigenvalue weighted by Gasteiger charge is 2.39. The minimum Gasteiger partial charge on any atom is -0.465 e. The summed E-state index contributed by atoms with van der Waals surface area (Å²) in [6.07, 6.45) is 4.61. The van der Waals surface area contributed by atoms with Crippen molar-refractivity contribution in [2.75, 3.05) is 13.2 Å². The third-order valence-electron chi connectivity index (χ3n) is 3.19. The van der Waals surface area contributed by atoms with Gasteiger partial charge in [0, 0.05) is 25.5 Å². The second-order valence-corrected chi connectivity index (χ2v) is 6.27. The number of carbonyl (C=O) groups excluding carboxylic acids is 1. The van der Waals surface area contributed by atoms with E-state index in [1.807, 2.05) is 0 Å². The van der Waals surface area contributed by atoms with E-state index in [2.05, 4.69) is 9.71 Å². The van der Waals surface area contributed by atoms with Gasteiger partial charge in [0.15, 0.2) is 0 Å². The molecule has 112 valence electrons. The van der Waals surface area contributed by atoms with Gasteiger partial charge in [0.1, 0.15) is 6.04 Å². The molecule has 0 aromatic carbocycles. The lowest BCUT2D eigenvalue weighted by Gasteiger charge is -2.22. The van der Waals surface area contributed by atoms with Crippen LogP contribution >= 0.6 is 0 Å². The van der Waals surface area contributed by atoms with Gasteiger partial charge in [-0.1, -0.05) is 0 Å². The summed E-state index contributed by atoms with van der Waals surface area (Å²) < 4.78 is 33.1. The first kappa shape index (κ1) is 15.0. The van der Waals surface area contributed by atoms with Crippen LogP contribution in [-0.4, -0.2) is 42.9 Å². The van der Waals surface area contributed by atoms with Gasteiger partial charge < -0.3 is 9.72 Å². The number of esters is 1. The largest absolute Gasteiger partial charge is 0.465 e. The zero-order chi connectivity index (χ0) is 14.6.